The maximum atomic E-state index is 13.2. The lowest BCUT2D eigenvalue weighted by atomic mass is 9.83. The fourth-order valence-electron chi connectivity index (χ4n) is 4.37. The standard InChI is InChI=1S/C23H27ClN2O2/c24-22-9-5-4-8-19(22)15-25-16-20(18-6-2-1-3-7-18)14-21(17-25)23(27)26-10-12-28-13-11-26/h1-9,20-21H,10-17H2. The highest BCUT2D eigenvalue weighted by Gasteiger charge is 2.35. The number of ether oxygens (including phenoxy) is 1. The van der Waals surface area contributed by atoms with Crippen molar-refractivity contribution in [3.8, 4) is 0 Å². The van der Waals surface area contributed by atoms with E-state index in [1.165, 1.54) is 5.56 Å². The van der Waals surface area contributed by atoms with Crippen molar-refractivity contribution < 1.29 is 9.53 Å². The van der Waals surface area contributed by atoms with Crippen LogP contribution < -0.4 is 0 Å². The number of hydrogen-bond acceptors (Lipinski definition) is 3. The second-order valence-corrected chi connectivity index (χ2v) is 8.17. The Hall–Kier alpha value is -1.88. The largest absolute Gasteiger partial charge is 0.378 e. The summed E-state index contributed by atoms with van der Waals surface area (Å²) in [7, 11) is 0. The maximum Gasteiger partial charge on any atom is 0.227 e. The molecule has 148 valence electrons. The van der Waals surface area contributed by atoms with Crippen LogP contribution in [0.3, 0.4) is 0 Å². The van der Waals surface area contributed by atoms with Crippen LogP contribution in [0.25, 0.3) is 0 Å². The normalized spacial score (nSPS) is 23.5. The van der Waals surface area contributed by atoms with Crippen molar-refractivity contribution in [3.63, 3.8) is 0 Å². The Morgan fingerprint density at radius 3 is 2.46 bits per heavy atom. The van der Waals surface area contributed by atoms with Crippen LogP contribution in [0.5, 0.6) is 0 Å². The molecule has 4 nitrogen and oxygen atoms in total. The van der Waals surface area contributed by atoms with E-state index in [4.69, 9.17) is 16.3 Å². The minimum atomic E-state index is 0.0135. The molecule has 1 amide bonds. The van der Waals surface area contributed by atoms with Gasteiger partial charge in [-0.3, -0.25) is 9.69 Å². The summed E-state index contributed by atoms with van der Waals surface area (Å²) in [6.45, 7) is 5.20. The van der Waals surface area contributed by atoms with Gasteiger partial charge < -0.3 is 9.64 Å². The number of hydrogen-bond donors (Lipinski definition) is 0. The lowest BCUT2D eigenvalue weighted by Crippen LogP contribution is -2.49. The van der Waals surface area contributed by atoms with E-state index in [9.17, 15) is 4.79 Å². The molecule has 0 radical (unpaired) electrons. The second-order valence-electron chi connectivity index (χ2n) is 7.76. The molecular weight excluding hydrogens is 372 g/mol. The topological polar surface area (TPSA) is 32.8 Å². The molecule has 28 heavy (non-hydrogen) atoms. The summed E-state index contributed by atoms with van der Waals surface area (Å²) in [5.74, 6) is 0.639. The molecule has 0 aliphatic carbocycles. The first-order chi connectivity index (χ1) is 13.7. The first kappa shape index (κ1) is 19.4. The molecule has 2 fully saturated rings. The Balaban J connectivity index is 1.54. The molecule has 2 heterocycles. The van der Waals surface area contributed by atoms with E-state index < -0.39 is 0 Å². The highest BCUT2D eigenvalue weighted by Crippen LogP contribution is 2.33. The van der Waals surface area contributed by atoms with Crippen molar-refractivity contribution in [2.45, 2.75) is 18.9 Å². The van der Waals surface area contributed by atoms with E-state index in [1.807, 2.05) is 29.2 Å². The van der Waals surface area contributed by atoms with E-state index >= 15 is 0 Å². The summed E-state index contributed by atoms with van der Waals surface area (Å²) < 4.78 is 5.42. The third kappa shape index (κ3) is 4.57. The van der Waals surface area contributed by atoms with Crippen LogP contribution in [0.2, 0.25) is 5.02 Å². The summed E-state index contributed by atoms with van der Waals surface area (Å²) in [5, 5.41) is 0.792. The number of amides is 1. The molecule has 2 aliphatic rings. The predicted molar refractivity (Wildman–Crippen MR) is 111 cm³/mol. The molecule has 2 saturated heterocycles. The van der Waals surface area contributed by atoms with E-state index in [-0.39, 0.29) is 11.8 Å². The zero-order chi connectivity index (χ0) is 19.3. The Kier molecular flexibility index (Phi) is 6.30. The zero-order valence-corrected chi connectivity index (χ0v) is 16.9. The van der Waals surface area contributed by atoms with Gasteiger partial charge in [0.2, 0.25) is 5.91 Å². The summed E-state index contributed by atoms with van der Waals surface area (Å²) in [5.41, 5.74) is 2.43. The molecule has 2 aliphatic heterocycles. The molecule has 2 atom stereocenters. The van der Waals surface area contributed by atoms with Crippen molar-refractivity contribution in [1.82, 2.24) is 9.80 Å². The third-order valence-corrected chi connectivity index (χ3v) is 6.19. The van der Waals surface area contributed by atoms with E-state index in [0.717, 1.165) is 36.6 Å². The third-order valence-electron chi connectivity index (χ3n) is 5.82. The van der Waals surface area contributed by atoms with E-state index in [2.05, 4.69) is 35.2 Å². The Labute approximate surface area is 172 Å². The molecule has 0 spiro atoms. The van der Waals surface area contributed by atoms with Crippen LogP contribution in [0.1, 0.15) is 23.5 Å². The number of benzene rings is 2. The summed E-state index contributed by atoms with van der Waals surface area (Å²) in [4.78, 5) is 17.6. The lowest BCUT2D eigenvalue weighted by molar-refractivity contribution is -0.141. The Morgan fingerprint density at radius 2 is 1.71 bits per heavy atom. The molecule has 2 aromatic rings. The minimum Gasteiger partial charge on any atom is -0.378 e. The van der Waals surface area contributed by atoms with Gasteiger partial charge in [0, 0.05) is 37.7 Å². The van der Waals surface area contributed by atoms with E-state index in [1.54, 1.807) is 0 Å². The average molecular weight is 399 g/mol. The Bertz CT molecular complexity index is 792. The number of morpholine rings is 1. The molecule has 4 rings (SSSR count). The molecular formula is C23H27ClN2O2. The number of piperidine rings is 1. The number of carbonyl (C=O) groups excluding carboxylic acids is 1. The van der Waals surface area contributed by atoms with Gasteiger partial charge in [-0.1, -0.05) is 60.1 Å². The zero-order valence-electron chi connectivity index (χ0n) is 16.1. The van der Waals surface area contributed by atoms with Gasteiger partial charge in [-0.15, -0.1) is 0 Å². The summed E-state index contributed by atoms with van der Waals surface area (Å²) in [6.07, 6.45) is 0.902. The van der Waals surface area contributed by atoms with Gasteiger partial charge >= 0.3 is 0 Å². The average Bonchev–Trinajstić information content (AvgIpc) is 2.76. The fourth-order valence-corrected chi connectivity index (χ4v) is 4.57. The van der Waals surface area contributed by atoms with Gasteiger partial charge in [-0.05, 0) is 29.5 Å². The smallest absolute Gasteiger partial charge is 0.227 e. The van der Waals surface area contributed by atoms with Crippen molar-refractivity contribution >= 4 is 17.5 Å². The fraction of sp³-hybridized carbons (Fsp3) is 0.435. The predicted octanol–water partition coefficient (Wildman–Crippen LogP) is 3.80. The van der Waals surface area contributed by atoms with Gasteiger partial charge in [0.1, 0.15) is 0 Å². The van der Waals surface area contributed by atoms with Gasteiger partial charge in [-0.2, -0.15) is 0 Å². The van der Waals surface area contributed by atoms with Crippen LogP contribution in [-0.4, -0.2) is 55.1 Å². The van der Waals surface area contributed by atoms with E-state index in [0.29, 0.717) is 32.2 Å². The van der Waals surface area contributed by atoms with Crippen molar-refractivity contribution in [2.24, 2.45) is 5.92 Å². The highest BCUT2D eigenvalue weighted by atomic mass is 35.5. The summed E-state index contributed by atoms with van der Waals surface area (Å²) in [6, 6.07) is 18.6. The van der Waals surface area contributed by atoms with Crippen molar-refractivity contribution in [3.05, 3.63) is 70.7 Å². The molecule has 2 aromatic carbocycles. The number of likely N-dealkylation sites (tertiary alicyclic amines) is 1. The maximum absolute atomic E-state index is 13.2. The monoisotopic (exact) mass is 398 g/mol. The molecule has 0 N–H and O–H groups in total. The summed E-state index contributed by atoms with van der Waals surface area (Å²) >= 11 is 6.40. The SMILES string of the molecule is O=C(C1CC(c2ccccc2)CN(Cc2ccccc2Cl)C1)N1CCOCC1. The second kappa shape index (κ2) is 9.08. The first-order valence-corrected chi connectivity index (χ1v) is 10.5. The van der Waals surface area contributed by atoms with Gasteiger partial charge in [0.05, 0.1) is 19.1 Å². The lowest BCUT2D eigenvalue weighted by Gasteiger charge is -2.40. The first-order valence-electron chi connectivity index (χ1n) is 10.1. The van der Waals surface area contributed by atoms with Crippen molar-refractivity contribution in [1.29, 1.82) is 0 Å². The highest BCUT2D eigenvalue weighted by molar-refractivity contribution is 6.31. The Morgan fingerprint density at radius 1 is 1.00 bits per heavy atom. The van der Waals surface area contributed by atoms with Gasteiger partial charge in [0.15, 0.2) is 0 Å². The van der Waals surface area contributed by atoms with Gasteiger partial charge in [0.25, 0.3) is 0 Å². The molecule has 5 heteroatoms. The number of nitrogens with zero attached hydrogens (tertiary/aromatic N) is 2. The molecule has 0 bridgehead atoms. The molecule has 2 unspecified atom stereocenters. The van der Waals surface area contributed by atoms with Crippen LogP contribution >= 0.6 is 11.6 Å². The molecule has 0 aromatic heterocycles. The van der Waals surface area contributed by atoms with Crippen LogP contribution in [-0.2, 0) is 16.1 Å². The van der Waals surface area contributed by atoms with Crippen LogP contribution in [0, 0.1) is 5.92 Å². The van der Waals surface area contributed by atoms with Crippen molar-refractivity contribution in [2.75, 3.05) is 39.4 Å². The number of halogens is 1. The van der Waals surface area contributed by atoms with Gasteiger partial charge in [-0.25, -0.2) is 0 Å². The number of carbonyl (C=O) groups is 1. The van der Waals surface area contributed by atoms with Crippen LogP contribution in [0.15, 0.2) is 54.6 Å². The quantitative estimate of drug-likeness (QED) is 0.785. The number of rotatable bonds is 4. The van der Waals surface area contributed by atoms with Crippen LogP contribution in [0.4, 0.5) is 0 Å². The molecule has 0 saturated carbocycles. The minimum absolute atomic E-state index is 0.0135.